The fourth-order valence-electron chi connectivity index (χ4n) is 0.667. The van der Waals surface area contributed by atoms with E-state index in [0.717, 1.165) is 0 Å². The molecule has 0 saturated heterocycles. The first-order valence-corrected chi connectivity index (χ1v) is 3.89. The van der Waals surface area contributed by atoms with Gasteiger partial charge < -0.3 is 5.11 Å². The second kappa shape index (κ2) is 3.87. The Balaban J connectivity index is 4.04. The largest absolute Gasteiger partial charge is 0.480 e. The number of carboxylic acids is 1. The Hall–Kier alpha value is -0.610. The number of hydroxylamine groups is 2. The summed E-state index contributed by atoms with van der Waals surface area (Å²) in [7, 11) is 1.62. The van der Waals surface area contributed by atoms with Crippen molar-refractivity contribution in [2.75, 3.05) is 7.05 Å². The van der Waals surface area contributed by atoms with Gasteiger partial charge in [-0.2, -0.15) is 5.06 Å². The van der Waals surface area contributed by atoms with Crippen LogP contribution in [0.15, 0.2) is 0 Å². The normalized spacial score (nSPS) is 14.8. The van der Waals surface area contributed by atoms with Gasteiger partial charge in [-0.05, 0) is 27.7 Å². The van der Waals surface area contributed by atoms with Crippen LogP contribution in [-0.2, 0) is 9.63 Å². The van der Waals surface area contributed by atoms with Crippen molar-refractivity contribution < 1.29 is 14.7 Å². The van der Waals surface area contributed by atoms with E-state index in [-0.39, 0.29) is 5.60 Å². The van der Waals surface area contributed by atoms with Crippen molar-refractivity contribution in [2.45, 2.75) is 39.3 Å². The molecule has 12 heavy (non-hydrogen) atoms. The topological polar surface area (TPSA) is 49.8 Å². The van der Waals surface area contributed by atoms with Gasteiger partial charge >= 0.3 is 5.97 Å². The molecule has 0 aromatic heterocycles. The van der Waals surface area contributed by atoms with Gasteiger partial charge in [-0.15, -0.1) is 0 Å². The molecule has 0 amide bonds. The highest BCUT2D eigenvalue weighted by atomic mass is 16.7. The highest BCUT2D eigenvalue weighted by molar-refractivity contribution is 5.72. The number of carbonyl (C=O) groups is 1. The lowest BCUT2D eigenvalue weighted by Crippen LogP contribution is -2.40. The number of hydrogen-bond donors (Lipinski definition) is 1. The van der Waals surface area contributed by atoms with E-state index in [1.165, 1.54) is 5.06 Å². The highest BCUT2D eigenvalue weighted by Gasteiger charge is 2.22. The summed E-state index contributed by atoms with van der Waals surface area (Å²) in [5.74, 6) is -0.887. The molecule has 0 heterocycles. The Kier molecular flexibility index (Phi) is 3.67. The quantitative estimate of drug-likeness (QED) is 0.653. The number of likely N-dealkylation sites (N-methyl/N-ethyl adjacent to an activating group) is 1. The molecular formula is C8H17NO3. The number of hydrogen-bond acceptors (Lipinski definition) is 3. The van der Waals surface area contributed by atoms with E-state index >= 15 is 0 Å². The van der Waals surface area contributed by atoms with Crippen LogP contribution in [0.25, 0.3) is 0 Å². The molecule has 0 radical (unpaired) electrons. The summed E-state index contributed by atoms with van der Waals surface area (Å²) in [5, 5.41) is 9.98. The maximum atomic E-state index is 10.5. The summed E-state index contributed by atoms with van der Waals surface area (Å²) in [6.07, 6.45) is 0. The van der Waals surface area contributed by atoms with E-state index in [1.54, 1.807) is 14.0 Å². The molecule has 0 saturated carbocycles. The van der Waals surface area contributed by atoms with E-state index in [1.807, 2.05) is 20.8 Å². The molecule has 0 fully saturated rings. The van der Waals surface area contributed by atoms with E-state index in [2.05, 4.69) is 0 Å². The second-order valence-electron chi connectivity index (χ2n) is 3.76. The molecule has 0 aliphatic carbocycles. The zero-order chi connectivity index (χ0) is 9.94. The Morgan fingerprint density at radius 3 is 2.17 bits per heavy atom. The van der Waals surface area contributed by atoms with Gasteiger partial charge in [-0.1, -0.05) is 0 Å². The van der Waals surface area contributed by atoms with E-state index in [4.69, 9.17) is 9.94 Å². The fraction of sp³-hybridized carbons (Fsp3) is 0.875. The molecule has 0 unspecified atom stereocenters. The van der Waals surface area contributed by atoms with Gasteiger partial charge in [-0.3, -0.25) is 9.63 Å². The van der Waals surface area contributed by atoms with Gasteiger partial charge in [0.25, 0.3) is 0 Å². The van der Waals surface area contributed by atoms with Crippen LogP contribution in [0, 0.1) is 0 Å². The molecule has 0 bridgehead atoms. The van der Waals surface area contributed by atoms with Crippen molar-refractivity contribution in [1.82, 2.24) is 5.06 Å². The predicted molar refractivity (Wildman–Crippen MR) is 45.7 cm³/mol. The third-order valence-electron chi connectivity index (χ3n) is 1.32. The number of rotatable bonds is 3. The van der Waals surface area contributed by atoms with Crippen molar-refractivity contribution >= 4 is 5.97 Å². The van der Waals surface area contributed by atoms with Crippen LogP contribution in [-0.4, -0.2) is 34.8 Å². The van der Waals surface area contributed by atoms with Crippen LogP contribution >= 0.6 is 0 Å². The number of nitrogens with zero attached hydrogens (tertiary/aromatic N) is 1. The number of carboxylic acid groups (broad SMARTS) is 1. The van der Waals surface area contributed by atoms with Gasteiger partial charge in [0.15, 0.2) is 0 Å². The first kappa shape index (κ1) is 11.4. The first-order valence-electron chi connectivity index (χ1n) is 3.89. The zero-order valence-electron chi connectivity index (χ0n) is 8.29. The first-order chi connectivity index (χ1) is 5.24. The second-order valence-corrected chi connectivity index (χ2v) is 3.76. The van der Waals surface area contributed by atoms with E-state index in [0.29, 0.717) is 0 Å². The lowest BCUT2D eigenvalue weighted by Gasteiger charge is -2.29. The minimum Gasteiger partial charge on any atom is -0.480 e. The van der Waals surface area contributed by atoms with Crippen LogP contribution in [0.5, 0.6) is 0 Å². The van der Waals surface area contributed by atoms with Gasteiger partial charge in [-0.25, -0.2) is 0 Å². The third kappa shape index (κ3) is 4.31. The maximum absolute atomic E-state index is 10.5. The molecule has 0 aliphatic rings. The standard InChI is InChI=1S/C8H17NO3/c1-6(7(10)11)9(5)12-8(2,3)4/h6H,1-5H3,(H,10,11)/t6-/m0/s1. The minimum absolute atomic E-state index is 0.349. The third-order valence-corrected chi connectivity index (χ3v) is 1.32. The fourth-order valence-corrected chi connectivity index (χ4v) is 0.667. The van der Waals surface area contributed by atoms with Crippen LogP contribution < -0.4 is 0 Å². The molecule has 4 heteroatoms. The van der Waals surface area contributed by atoms with Crippen molar-refractivity contribution in [3.8, 4) is 0 Å². The minimum atomic E-state index is -0.887. The Morgan fingerprint density at radius 2 is 1.92 bits per heavy atom. The Morgan fingerprint density at radius 1 is 1.50 bits per heavy atom. The molecule has 1 N–H and O–H groups in total. The van der Waals surface area contributed by atoms with Gasteiger partial charge in [0.2, 0.25) is 0 Å². The van der Waals surface area contributed by atoms with E-state index in [9.17, 15) is 4.79 Å². The van der Waals surface area contributed by atoms with Crippen LogP contribution in [0.1, 0.15) is 27.7 Å². The molecule has 0 aliphatic heterocycles. The van der Waals surface area contributed by atoms with Crippen LogP contribution in [0.3, 0.4) is 0 Å². The van der Waals surface area contributed by atoms with Crippen molar-refractivity contribution in [2.24, 2.45) is 0 Å². The van der Waals surface area contributed by atoms with E-state index < -0.39 is 12.0 Å². The molecule has 1 atom stereocenters. The Bertz CT molecular complexity index is 162. The Labute approximate surface area is 73.1 Å². The van der Waals surface area contributed by atoms with Crippen molar-refractivity contribution in [3.63, 3.8) is 0 Å². The molecule has 0 aromatic carbocycles. The summed E-state index contributed by atoms with van der Waals surface area (Å²) in [5.41, 5.74) is -0.349. The molecule has 0 rings (SSSR count). The summed E-state index contributed by atoms with van der Waals surface area (Å²) < 4.78 is 0. The lowest BCUT2D eigenvalue weighted by molar-refractivity contribution is -0.234. The predicted octanol–water partition coefficient (Wildman–Crippen LogP) is 1.12. The molecule has 72 valence electrons. The zero-order valence-corrected chi connectivity index (χ0v) is 8.29. The SMILES string of the molecule is C[C@@H](C(=O)O)N(C)OC(C)(C)C. The monoisotopic (exact) mass is 175 g/mol. The smallest absolute Gasteiger partial charge is 0.323 e. The van der Waals surface area contributed by atoms with Gasteiger partial charge in [0.05, 0.1) is 5.60 Å². The van der Waals surface area contributed by atoms with Gasteiger partial charge in [0, 0.05) is 7.05 Å². The molecule has 0 aromatic rings. The van der Waals surface area contributed by atoms with Crippen LogP contribution in [0.2, 0.25) is 0 Å². The van der Waals surface area contributed by atoms with Crippen molar-refractivity contribution in [3.05, 3.63) is 0 Å². The summed E-state index contributed by atoms with van der Waals surface area (Å²) >= 11 is 0. The summed E-state index contributed by atoms with van der Waals surface area (Å²) in [4.78, 5) is 15.8. The average Bonchev–Trinajstić information content (AvgIpc) is 1.82. The summed E-state index contributed by atoms with van der Waals surface area (Å²) in [6.45, 7) is 7.20. The molecule has 4 nitrogen and oxygen atoms in total. The summed E-state index contributed by atoms with van der Waals surface area (Å²) in [6, 6.07) is -0.621. The highest BCUT2D eigenvalue weighted by Crippen LogP contribution is 2.10. The number of aliphatic carboxylic acids is 1. The van der Waals surface area contributed by atoms with Crippen molar-refractivity contribution in [1.29, 1.82) is 0 Å². The lowest BCUT2D eigenvalue weighted by atomic mass is 10.2. The van der Waals surface area contributed by atoms with Crippen LogP contribution in [0.4, 0.5) is 0 Å². The molecule has 0 spiro atoms. The average molecular weight is 175 g/mol. The van der Waals surface area contributed by atoms with Gasteiger partial charge in [0.1, 0.15) is 6.04 Å². The molecular weight excluding hydrogens is 158 g/mol. The maximum Gasteiger partial charge on any atom is 0.323 e.